The zero-order valence-electron chi connectivity index (χ0n) is 6.06. The number of aryl methyl sites for hydroxylation is 1. The molecule has 1 aromatic rings. The van der Waals surface area contributed by atoms with Crippen LogP contribution in [0, 0.1) is 18.3 Å². The quantitative estimate of drug-likeness (QED) is 0.600. The van der Waals surface area contributed by atoms with Gasteiger partial charge in [0, 0.05) is 5.02 Å². The summed E-state index contributed by atoms with van der Waals surface area (Å²) in [5.74, 6) is 0. The number of nitrogen functional groups attached to an aromatic ring is 1. The first-order chi connectivity index (χ1) is 5.15. The molecule has 2 nitrogen and oxygen atoms in total. The van der Waals surface area contributed by atoms with Gasteiger partial charge in [-0.1, -0.05) is 11.6 Å². The van der Waals surface area contributed by atoms with Crippen molar-refractivity contribution in [3.05, 3.63) is 28.3 Å². The molecule has 0 aliphatic heterocycles. The van der Waals surface area contributed by atoms with E-state index in [1.54, 1.807) is 12.1 Å². The first-order valence-electron chi connectivity index (χ1n) is 3.11. The molecule has 0 unspecified atom stereocenters. The molecule has 0 spiro atoms. The molecule has 1 aromatic carbocycles. The number of hydrogen-bond acceptors (Lipinski definition) is 2. The van der Waals surface area contributed by atoms with E-state index in [1.165, 1.54) is 0 Å². The molecule has 0 aliphatic rings. The smallest absolute Gasteiger partial charge is 0.101 e. The Bertz CT molecular complexity index is 326. The summed E-state index contributed by atoms with van der Waals surface area (Å²) in [5.41, 5.74) is 7.28. The Labute approximate surface area is 70.2 Å². The lowest BCUT2D eigenvalue weighted by atomic mass is 10.1. The maximum absolute atomic E-state index is 8.56. The zero-order valence-corrected chi connectivity index (χ0v) is 6.81. The molecule has 0 radical (unpaired) electrons. The Morgan fingerprint density at radius 2 is 2.18 bits per heavy atom. The summed E-state index contributed by atoms with van der Waals surface area (Å²) in [7, 11) is 0. The van der Waals surface area contributed by atoms with Gasteiger partial charge in [0.15, 0.2) is 0 Å². The number of benzene rings is 1. The van der Waals surface area contributed by atoms with Crippen LogP contribution in [0.4, 0.5) is 5.69 Å². The Hall–Kier alpha value is -1.20. The molecule has 56 valence electrons. The number of nitriles is 1. The highest BCUT2D eigenvalue weighted by Crippen LogP contribution is 2.21. The highest BCUT2D eigenvalue weighted by molar-refractivity contribution is 6.31. The summed E-state index contributed by atoms with van der Waals surface area (Å²) in [6, 6.07) is 5.25. The van der Waals surface area contributed by atoms with E-state index >= 15 is 0 Å². The fourth-order valence-electron chi connectivity index (χ4n) is 0.794. The van der Waals surface area contributed by atoms with Crippen LogP contribution in [0.3, 0.4) is 0 Å². The Morgan fingerprint density at radius 1 is 1.55 bits per heavy atom. The van der Waals surface area contributed by atoms with Crippen molar-refractivity contribution >= 4 is 17.3 Å². The number of nitrogens with two attached hydrogens (primary N) is 1. The van der Waals surface area contributed by atoms with Crippen LogP contribution in [0.15, 0.2) is 12.1 Å². The number of halogens is 1. The van der Waals surface area contributed by atoms with E-state index in [-0.39, 0.29) is 0 Å². The average Bonchev–Trinajstić information content (AvgIpc) is 1.97. The molecular weight excluding hydrogens is 160 g/mol. The molecule has 0 heterocycles. The SMILES string of the molecule is Cc1cc(C#N)c(N)cc1Cl. The Balaban J connectivity index is 3.35. The molecular formula is C8H7ClN2. The lowest BCUT2D eigenvalue weighted by molar-refractivity contribution is 1.42. The van der Waals surface area contributed by atoms with E-state index in [4.69, 9.17) is 22.6 Å². The van der Waals surface area contributed by atoms with Gasteiger partial charge >= 0.3 is 0 Å². The van der Waals surface area contributed by atoms with Gasteiger partial charge in [0.1, 0.15) is 6.07 Å². The molecule has 0 amide bonds. The van der Waals surface area contributed by atoms with E-state index in [0.717, 1.165) is 5.56 Å². The van der Waals surface area contributed by atoms with Crippen LogP contribution in [0.5, 0.6) is 0 Å². The standard InChI is InChI=1S/C8H7ClN2/c1-5-2-6(4-10)8(11)3-7(5)9/h2-3H,11H2,1H3. The zero-order chi connectivity index (χ0) is 8.43. The summed E-state index contributed by atoms with van der Waals surface area (Å²) in [4.78, 5) is 0. The van der Waals surface area contributed by atoms with Crippen LogP contribution in [-0.2, 0) is 0 Å². The minimum atomic E-state index is 0.433. The Morgan fingerprint density at radius 3 is 2.73 bits per heavy atom. The van der Waals surface area contributed by atoms with Crippen molar-refractivity contribution in [3.63, 3.8) is 0 Å². The summed E-state index contributed by atoms with van der Waals surface area (Å²) in [6.45, 7) is 1.84. The average molecular weight is 167 g/mol. The molecule has 2 N–H and O–H groups in total. The first-order valence-corrected chi connectivity index (χ1v) is 3.48. The normalized spacial score (nSPS) is 9.18. The first kappa shape index (κ1) is 7.90. The molecule has 0 aliphatic carbocycles. The van der Waals surface area contributed by atoms with Crippen LogP contribution >= 0.6 is 11.6 Å². The highest BCUT2D eigenvalue weighted by Gasteiger charge is 2.01. The third-order valence-electron chi connectivity index (χ3n) is 1.45. The maximum Gasteiger partial charge on any atom is 0.101 e. The van der Waals surface area contributed by atoms with E-state index < -0.39 is 0 Å². The number of rotatable bonds is 0. The molecule has 3 heteroatoms. The molecule has 0 aromatic heterocycles. The number of anilines is 1. The van der Waals surface area contributed by atoms with E-state index in [1.807, 2.05) is 13.0 Å². The molecule has 0 fully saturated rings. The van der Waals surface area contributed by atoms with Gasteiger partial charge in [-0.2, -0.15) is 5.26 Å². The van der Waals surface area contributed by atoms with Gasteiger partial charge in [-0.05, 0) is 24.6 Å². The van der Waals surface area contributed by atoms with Crippen molar-refractivity contribution in [2.45, 2.75) is 6.92 Å². The molecule has 0 atom stereocenters. The number of nitrogens with zero attached hydrogens (tertiary/aromatic N) is 1. The topological polar surface area (TPSA) is 49.8 Å². The lowest BCUT2D eigenvalue weighted by Crippen LogP contribution is -1.91. The fourth-order valence-corrected chi connectivity index (χ4v) is 0.966. The van der Waals surface area contributed by atoms with Gasteiger partial charge in [-0.25, -0.2) is 0 Å². The van der Waals surface area contributed by atoms with Gasteiger partial charge < -0.3 is 5.73 Å². The third kappa shape index (κ3) is 1.44. The second kappa shape index (κ2) is 2.81. The molecule has 0 saturated carbocycles. The van der Waals surface area contributed by atoms with Gasteiger partial charge in [-0.3, -0.25) is 0 Å². The Kier molecular flexibility index (Phi) is 2.02. The predicted molar refractivity (Wildman–Crippen MR) is 45.3 cm³/mol. The van der Waals surface area contributed by atoms with Crippen molar-refractivity contribution in [1.29, 1.82) is 5.26 Å². The van der Waals surface area contributed by atoms with Crippen LogP contribution in [0.1, 0.15) is 11.1 Å². The van der Waals surface area contributed by atoms with Crippen LogP contribution in [0.25, 0.3) is 0 Å². The second-order valence-corrected chi connectivity index (χ2v) is 2.71. The molecule has 1 rings (SSSR count). The summed E-state index contributed by atoms with van der Waals surface area (Å²) in [6.07, 6.45) is 0. The second-order valence-electron chi connectivity index (χ2n) is 2.30. The van der Waals surface area contributed by atoms with Gasteiger partial charge in [0.25, 0.3) is 0 Å². The van der Waals surface area contributed by atoms with Gasteiger partial charge in [0.05, 0.1) is 11.3 Å². The molecule has 11 heavy (non-hydrogen) atoms. The van der Waals surface area contributed by atoms with Crippen LogP contribution in [-0.4, -0.2) is 0 Å². The predicted octanol–water partition coefficient (Wildman–Crippen LogP) is 2.10. The highest BCUT2D eigenvalue weighted by atomic mass is 35.5. The van der Waals surface area contributed by atoms with Crippen LogP contribution < -0.4 is 5.73 Å². The monoisotopic (exact) mass is 166 g/mol. The minimum absolute atomic E-state index is 0.433. The van der Waals surface area contributed by atoms with Gasteiger partial charge in [-0.15, -0.1) is 0 Å². The maximum atomic E-state index is 8.56. The van der Waals surface area contributed by atoms with E-state index in [9.17, 15) is 0 Å². The molecule has 0 bridgehead atoms. The summed E-state index contributed by atoms with van der Waals surface area (Å²) >= 11 is 5.75. The van der Waals surface area contributed by atoms with Crippen molar-refractivity contribution in [1.82, 2.24) is 0 Å². The van der Waals surface area contributed by atoms with E-state index in [2.05, 4.69) is 0 Å². The van der Waals surface area contributed by atoms with Crippen LogP contribution in [0.2, 0.25) is 5.02 Å². The summed E-state index contributed by atoms with van der Waals surface area (Å²) in [5, 5.41) is 9.16. The lowest BCUT2D eigenvalue weighted by Gasteiger charge is -2.00. The largest absolute Gasteiger partial charge is 0.398 e. The van der Waals surface area contributed by atoms with Crippen molar-refractivity contribution in [2.24, 2.45) is 0 Å². The fraction of sp³-hybridized carbons (Fsp3) is 0.125. The van der Waals surface area contributed by atoms with Gasteiger partial charge in [0.2, 0.25) is 0 Å². The summed E-state index contributed by atoms with van der Waals surface area (Å²) < 4.78 is 0. The van der Waals surface area contributed by atoms with Crippen molar-refractivity contribution < 1.29 is 0 Å². The minimum Gasteiger partial charge on any atom is -0.398 e. The van der Waals surface area contributed by atoms with E-state index in [0.29, 0.717) is 16.3 Å². The number of hydrogen-bond donors (Lipinski definition) is 1. The molecule has 0 saturated heterocycles. The van der Waals surface area contributed by atoms with Crippen molar-refractivity contribution in [2.75, 3.05) is 5.73 Å². The third-order valence-corrected chi connectivity index (χ3v) is 1.86. The van der Waals surface area contributed by atoms with Crippen molar-refractivity contribution in [3.8, 4) is 6.07 Å².